The minimum absolute atomic E-state index is 0.214. The molecule has 0 bridgehead atoms. The number of carbonyl (C=O) groups is 1. The van der Waals surface area contributed by atoms with Crippen molar-refractivity contribution in [3.63, 3.8) is 0 Å². The summed E-state index contributed by atoms with van der Waals surface area (Å²) < 4.78 is 39.1. The summed E-state index contributed by atoms with van der Waals surface area (Å²) in [6.45, 7) is 9.25. The van der Waals surface area contributed by atoms with Crippen LogP contribution in [0.5, 0.6) is 5.75 Å². The van der Waals surface area contributed by atoms with Gasteiger partial charge < -0.3 is 14.4 Å². The maximum Gasteiger partial charge on any atom is 0.344 e. The fourth-order valence-corrected chi connectivity index (χ4v) is 5.20. The highest BCUT2D eigenvalue weighted by molar-refractivity contribution is 7.89. The molecule has 3 rings (SSSR count). The van der Waals surface area contributed by atoms with E-state index in [-0.39, 0.29) is 11.5 Å². The topological polar surface area (TPSA) is 76.2 Å². The Morgan fingerprint density at radius 1 is 1.03 bits per heavy atom. The maximum absolute atomic E-state index is 13.3. The minimum Gasteiger partial charge on any atom is -0.481 e. The normalized spacial score (nSPS) is 15.9. The maximum atomic E-state index is 13.3. The summed E-state index contributed by atoms with van der Waals surface area (Å²) in [6, 6.07) is 10.1. The Morgan fingerprint density at radius 2 is 1.70 bits per heavy atom. The van der Waals surface area contributed by atoms with Gasteiger partial charge in [0.05, 0.1) is 4.90 Å². The Bertz CT molecular complexity index is 1120. The highest BCUT2D eigenvalue weighted by Crippen LogP contribution is 2.36. The number of hydrogen-bond donors (Lipinski definition) is 0. The van der Waals surface area contributed by atoms with E-state index in [9.17, 15) is 13.2 Å². The molecule has 0 amide bonds. The molecule has 1 aliphatic rings. The zero-order valence-corrected chi connectivity index (χ0v) is 21.3. The molecule has 33 heavy (non-hydrogen) atoms. The predicted octanol–water partition coefficient (Wildman–Crippen LogP) is 3.97. The van der Waals surface area contributed by atoms with Crippen LogP contribution < -0.4 is 4.74 Å². The summed E-state index contributed by atoms with van der Waals surface area (Å²) in [6.07, 6.45) is 0. The number of sulfonamides is 1. The van der Waals surface area contributed by atoms with Crippen LogP contribution in [0.3, 0.4) is 0 Å². The predicted molar refractivity (Wildman–Crippen MR) is 129 cm³/mol. The van der Waals surface area contributed by atoms with Crippen molar-refractivity contribution in [1.29, 1.82) is 0 Å². The van der Waals surface area contributed by atoms with Gasteiger partial charge in [-0.3, -0.25) is 0 Å². The Kier molecular flexibility index (Phi) is 7.73. The molecular weight excluding hydrogens is 464 g/mol. The van der Waals surface area contributed by atoms with Gasteiger partial charge in [0.25, 0.3) is 0 Å². The van der Waals surface area contributed by atoms with Crippen molar-refractivity contribution >= 4 is 27.6 Å². The quantitative estimate of drug-likeness (QED) is 0.565. The van der Waals surface area contributed by atoms with E-state index < -0.39 is 21.6 Å². The lowest BCUT2D eigenvalue weighted by atomic mass is 10.00. The van der Waals surface area contributed by atoms with Crippen molar-refractivity contribution in [1.82, 2.24) is 9.21 Å². The average molecular weight is 495 g/mol. The van der Waals surface area contributed by atoms with Crippen molar-refractivity contribution in [2.24, 2.45) is 0 Å². The molecule has 0 saturated carbocycles. The first-order valence-electron chi connectivity index (χ1n) is 10.8. The van der Waals surface area contributed by atoms with E-state index in [0.29, 0.717) is 48.1 Å². The number of likely N-dealkylation sites (N-methyl/N-ethyl adjacent to an activating group) is 1. The molecule has 0 radical (unpaired) electrons. The molecule has 7 nitrogen and oxygen atoms in total. The lowest BCUT2D eigenvalue weighted by Crippen LogP contribution is -2.47. The van der Waals surface area contributed by atoms with Crippen LogP contribution in [0.1, 0.15) is 26.3 Å². The number of esters is 1. The van der Waals surface area contributed by atoms with Crippen LogP contribution in [0, 0.1) is 6.92 Å². The fraction of sp³-hybridized carbons (Fsp3) is 0.458. The largest absolute Gasteiger partial charge is 0.481 e. The van der Waals surface area contributed by atoms with Crippen LogP contribution in [0.2, 0.25) is 5.02 Å². The number of benzene rings is 2. The number of rotatable bonds is 6. The van der Waals surface area contributed by atoms with E-state index in [4.69, 9.17) is 21.1 Å². The van der Waals surface area contributed by atoms with E-state index in [0.717, 1.165) is 5.56 Å². The molecule has 180 valence electrons. The first-order chi connectivity index (χ1) is 15.4. The Balaban J connectivity index is 1.93. The lowest BCUT2D eigenvalue weighted by Gasteiger charge is -2.31. The van der Waals surface area contributed by atoms with Gasteiger partial charge in [0.15, 0.2) is 6.61 Å². The molecule has 1 heterocycles. The van der Waals surface area contributed by atoms with Gasteiger partial charge >= 0.3 is 5.97 Å². The number of hydrogen-bond acceptors (Lipinski definition) is 6. The van der Waals surface area contributed by atoms with E-state index in [2.05, 4.69) is 4.90 Å². The first-order valence-corrected chi connectivity index (χ1v) is 12.6. The number of piperazine rings is 1. The van der Waals surface area contributed by atoms with Gasteiger partial charge in [0.1, 0.15) is 11.4 Å². The van der Waals surface area contributed by atoms with E-state index in [1.165, 1.54) is 4.31 Å². The molecule has 2 aromatic carbocycles. The second-order valence-electron chi connectivity index (χ2n) is 9.20. The highest BCUT2D eigenvalue weighted by atomic mass is 35.5. The van der Waals surface area contributed by atoms with Crippen molar-refractivity contribution in [2.45, 2.75) is 38.2 Å². The van der Waals surface area contributed by atoms with Gasteiger partial charge in [-0.15, -0.1) is 0 Å². The zero-order chi connectivity index (χ0) is 24.4. The third-order valence-electron chi connectivity index (χ3n) is 5.31. The third kappa shape index (κ3) is 6.47. The van der Waals surface area contributed by atoms with E-state index in [1.807, 2.05) is 14.0 Å². The van der Waals surface area contributed by atoms with Crippen LogP contribution in [-0.2, 0) is 19.6 Å². The SMILES string of the molecule is Cc1ccc(S(=O)(=O)N2CCN(C)CC2)cc1-c1cc(Cl)ccc1OCC(=O)OC(C)(C)C. The van der Waals surface area contributed by atoms with Gasteiger partial charge in [-0.2, -0.15) is 4.31 Å². The number of carbonyl (C=O) groups excluding carboxylic acids is 1. The van der Waals surface area contributed by atoms with E-state index >= 15 is 0 Å². The first kappa shape index (κ1) is 25.5. The van der Waals surface area contributed by atoms with Crippen LogP contribution in [0.15, 0.2) is 41.3 Å². The number of aryl methyl sites for hydroxylation is 1. The minimum atomic E-state index is -3.64. The molecule has 2 aromatic rings. The second-order valence-corrected chi connectivity index (χ2v) is 11.6. The van der Waals surface area contributed by atoms with Crippen molar-refractivity contribution in [3.8, 4) is 16.9 Å². The van der Waals surface area contributed by atoms with Crippen LogP contribution in [-0.4, -0.2) is 69.0 Å². The van der Waals surface area contributed by atoms with E-state index in [1.54, 1.807) is 57.2 Å². The van der Waals surface area contributed by atoms with Gasteiger partial charge in [-0.05, 0) is 76.2 Å². The lowest BCUT2D eigenvalue weighted by molar-refractivity contribution is -0.157. The molecule has 1 fully saturated rings. The molecule has 0 spiro atoms. The summed E-state index contributed by atoms with van der Waals surface area (Å²) in [5.74, 6) is -0.0750. The highest BCUT2D eigenvalue weighted by Gasteiger charge is 2.28. The summed E-state index contributed by atoms with van der Waals surface area (Å²) in [5, 5.41) is 0.473. The van der Waals surface area contributed by atoms with Crippen molar-refractivity contribution < 1.29 is 22.7 Å². The molecule has 1 aliphatic heterocycles. The standard InChI is InChI=1S/C24H31ClN2O5S/c1-17-6-8-19(33(29,30)27-12-10-26(5)11-13-27)15-20(17)21-14-18(25)7-9-22(21)31-16-23(28)32-24(2,3)4/h6-9,14-15H,10-13,16H2,1-5H3. The molecular formula is C24H31ClN2O5S. The number of halogens is 1. The van der Waals surface area contributed by atoms with Crippen LogP contribution >= 0.6 is 11.6 Å². The summed E-state index contributed by atoms with van der Waals surface area (Å²) in [4.78, 5) is 14.5. The van der Waals surface area contributed by atoms with Gasteiger partial charge in [-0.25, -0.2) is 13.2 Å². The fourth-order valence-electron chi connectivity index (χ4n) is 3.58. The monoisotopic (exact) mass is 494 g/mol. The van der Waals surface area contributed by atoms with Crippen molar-refractivity contribution in [2.75, 3.05) is 39.8 Å². The number of nitrogens with zero attached hydrogens (tertiary/aromatic N) is 2. The second kappa shape index (κ2) is 10.0. The van der Waals surface area contributed by atoms with Crippen LogP contribution in [0.25, 0.3) is 11.1 Å². The average Bonchev–Trinajstić information content (AvgIpc) is 2.72. The molecule has 0 atom stereocenters. The van der Waals surface area contributed by atoms with Crippen molar-refractivity contribution in [3.05, 3.63) is 47.0 Å². The smallest absolute Gasteiger partial charge is 0.344 e. The Labute approximate surface area is 201 Å². The Morgan fingerprint density at radius 3 is 2.33 bits per heavy atom. The van der Waals surface area contributed by atoms with Gasteiger partial charge in [0.2, 0.25) is 10.0 Å². The zero-order valence-electron chi connectivity index (χ0n) is 19.7. The molecule has 0 unspecified atom stereocenters. The summed E-state index contributed by atoms with van der Waals surface area (Å²) >= 11 is 6.26. The molecule has 0 N–H and O–H groups in total. The summed E-state index contributed by atoms with van der Waals surface area (Å²) in [7, 11) is -1.66. The molecule has 9 heteroatoms. The van der Waals surface area contributed by atoms with Gasteiger partial charge in [-0.1, -0.05) is 17.7 Å². The molecule has 0 aromatic heterocycles. The summed E-state index contributed by atoms with van der Waals surface area (Å²) in [5.41, 5.74) is 1.52. The Hall–Kier alpha value is -2.13. The molecule has 1 saturated heterocycles. The number of ether oxygens (including phenoxy) is 2. The van der Waals surface area contributed by atoms with Crippen LogP contribution in [0.4, 0.5) is 0 Å². The third-order valence-corrected chi connectivity index (χ3v) is 7.44. The van der Waals surface area contributed by atoms with Gasteiger partial charge in [0, 0.05) is 36.8 Å². The molecule has 0 aliphatic carbocycles.